The fourth-order valence-corrected chi connectivity index (χ4v) is 1.79. The number of rotatable bonds is 11. The van der Waals surface area contributed by atoms with Crippen LogP contribution >= 0.6 is 0 Å². The van der Waals surface area contributed by atoms with Crippen molar-refractivity contribution < 1.29 is 14.3 Å². The lowest BCUT2D eigenvalue weighted by molar-refractivity contribution is 0.235. The van der Waals surface area contributed by atoms with E-state index in [4.69, 9.17) is 9.47 Å². The average Bonchev–Trinajstić information content (AvgIpc) is 2.56. The zero-order chi connectivity index (χ0) is 17.1. The monoisotopic (exact) mass is 321 g/mol. The van der Waals surface area contributed by atoms with Gasteiger partial charge in [-0.25, -0.2) is 4.79 Å². The summed E-state index contributed by atoms with van der Waals surface area (Å²) in [6.45, 7) is 8.89. The van der Waals surface area contributed by atoms with Gasteiger partial charge in [0, 0.05) is 19.2 Å². The normalized spacial score (nSPS) is 10.7. The molecule has 0 heterocycles. The summed E-state index contributed by atoms with van der Waals surface area (Å²) in [6, 6.07) is 5.27. The molecule has 1 aromatic rings. The van der Waals surface area contributed by atoms with Crippen LogP contribution in [0.3, 0.4) is 0 Å². The van der Waals surface area contributed by atoms with Crippen LogP contribution in [0.25, 0.3) is 0 Å². The molecule has 0 N–H and O–H groups in total. The lowest BCUT2D eigenvalue weighted by atomic mass is 10.3. The molecule has 0 atom stereocenters. The van der Waals surface area contributed by atoms with E-state index in [9.17, 15) is 4.79 Å². The summed E-state index contributed by atoms with van der Waals surface area (Å²) < 4.78 is 11.5. The number of isocyanates is 1. The fourth-order valence-electron chi connectivity index (χ4n) is 1.79. The first-order valence-corrected chi connectivity index (χ1v) is 7.95. The molecule has 1 aromatic carbocycles. The molecule has 0 amide bonds. The van der Waals surface area contributed by atoms with Gasteiger partial charge in [0.05, 0.1) is 0 Å². The molecular formula is C17H27N3O3. The molecule has 0 saturated carbocycles. The van der Waals surface area contributed by atoms with Crippen LogP contribution in [0.4, 0.5) is 5.69 Å². The second-order valence-electron chi connectivity index (χ2n) is 5.32. The third kappa shape index (κ3) is 7.28. The van der Waals surface area contributed by atoms with E-state index >= 15 is 0 Å². The van der Waals surface area contributed by atoms with Gasteiger partial charge in [0.15, 0.2) is 0 Å². The molecule has 0 saturated heterocycles. The van der Waals surface area contributed by atoms with Crippen molar-refractivity contribution in [2.24, 2.45) is 4.99 Å². The molecule has 6 nitrogen and oxygen atoms in total. The number of hydrogen-bond donors (Lipinski definition) is 0. The molecule has 0 radical (unpaired) electrons. The number of hydrogen-bond acceptors (Lipinski definition) is 6. The van der Waals surface area contributed by atoms with Crippen molar-refractivity contribution in [3.63, 3.8) is 0 Å². The zero-order valence-electron chi connectivity index (χ0n) is 14.5. The Labute approximate surface area is 138 Å². The maximum Gasteiger partial charge on any atom is 0.240 e. The van der Waals surface area contributed by atoms with E-state index in [2.05, 4.69) is 28.6 Å². The third-order valence-corrected chi connectivity index (χ3v) is 3.65. The molecule has 1 rings (SSSR count). The Kier molecular flexibility index (Phi) is 8.98. The summed E-state index contributed by atoms with van der Waals surface area (Å²) in [4.78, 5) is 18.5. The maximum absolute atomic E-state index is 10.5. The molecular weight excluding hydrogens is 294 g/mol. The van der Waals surface area contributed by atoms with Crippen molar-refractivity contribution in [1.82, 2.24) is 9.80 Å². The summed E-state index contributed by atoms with van der Waals surface area (Å²) in [7, 11) is 4.07. The highest BCUT2D eigenvalue weighted by molar-refractivity contribution is 5.59. The highest BCUT2D eigenvalue weighted by atomic mass is 16.5. The SMILES string of the molecule is CCN(C)CCOc1ccc(N=C=O)c(OCCN(C)CC)c1. The van der Waals surface area contributed by atoms with Gasteiger partial charge in [-0.05, 0) is 39.3 Å². The minimum atomic E-state index is 0.470. The minimum Gasteiger partial charge on any atom is -0.492 e. The Morgan fingerprint density at radius 1 is 1.04 bits per heavy atom. The van der Waals surface area contributed by atoms with E-state index in [-0.39, 0.29) is 0 Å². The van der Waals surface area contributed by atoms with E-state index in [1.807, 2.05) is 14.1 Å². The molecule has 0 unspecified atom stereocenters. The van der Waals surface area contributed by atoms with Crippen LogP contribution in [0.2, 0.25) is 0 Å². The van der Waals surface area contributed by atoms with Gasteiger partial charge in [-0.1, -0.05) is 13.8 Å². The quantitative estimate of drug-likeness (QED) is 0.462. The van der Waals surface area contributed by atoms with Gasteiger partial charge in [-0.3, -0.25) is 0 Å². The van der Waals surface area contributed by atoms with Crippen molar-refractivity contribution >= 4 is 11.8 Å². The molecule has 0 bridgehead atoms. The van der Waals surface area contributed by atoms with Crippen LogP contribution in [0.5, 0.6) is 11.5 Å². The molecule has 6 heteroatoms. The average molecular weight is 321 g/mol. The first-order valence-electron chi connectivity index (χ1n) is 7.95. The summed E-state index contributed by atoms with van der Waals surface area (Å²) in [5.41, 5.74) is 0.470. The lowest BCUT2D eigenvalue weighted by Gasteiger charge is -2.16. The smallest absolute Gasteiger partial charge is 0.240 e. The fraction of sp³-hybridized carbons (Fsp3) is 0.588. The Morgan fingerprint density at radius 2 is 1.65 bits per heavy atom. The standard InChI is InChI=1S/C17H27N3O3/c1-5-19(3)9-11-22-15-7-8-16(18-14-21)17(13-15)23-12-10-20(4)6-2/h7-8,13H,5-6,9-12H2,1-4H3. The van der Waals surface area contributed by atoms with Crippen LogP contribution in [-0.2, 0) is 4.79 Å². The molecule has 0 aliphatic rings. The van der Waals surface area contributed by atoms with Crippen molar-refractivity contribution in [3.05, 3.63) is 18.2 Å². The first-order chi connectivity index (χ1) is 11.1. The van der Waals surface area contributed by atoms with Gasteiger partial charge < -0.3 is 19.3 Å². The van der Waals surface area contributed by atoms with Crippen LogP contribution in [0.1, 0.15) is 13.8 Å². The predicted molar refractivity (Wildman–Crippen MR) is 91.6 cm³/mol. The lowest BCUT2D eigenvalue weighted by Crippen LogP contribution is -2.24. The third-order valence-electron chi connectivity index (χ3n) is 3.65. The Morgan fingerprint density at radius 3 is 2.22 bits per heavy atom. The first kappa shape index (κ1) is 19.2. The van der Waals surface area contributed by atoms with Crippen LogP contribution in [0, 0.1) is 0 Å². The maximum atomic E-state index is 10.5. The Balaban J connectivity index is 2.67. The number of nitrogens with zero attached hydrogens (tertiary/aromatic N) is 3. The van der Waals surface area contributed by atoms with E-state index in [1.165, 1.54) is 0 Å². The molecule has 0 spiro atoms. The minimum absolute atomic E-state index is 0.470. The zero-order valence-corrected chi connectivity index (χ0v) is 14.5. The topological polar surface area (TPSA) is 54.4 Å². The van der Waals surface area contributed by atoms with E-state index in [0.717, 1.165) is 26.2 Å². The summed E-state index contributed by atoms with van der Waals surface area (Å²) in [5, 5.41) is 0. The number of aliphatic imine (C=N–C) groups is 1. The van der Waals surface area contributed by atoms with Gasteiger partial charge in [0.2, 0.25) is 6.08 Å². The number of ether oxygens (including phenoxy) is 2. The molecule has 0 fully saturated rings. The number of likely N-dealkylation sites (N-methyl/N-ethyl adjacent to an activating group) is 2. The second-order valence-corrected chi connectivity index (χ2v) is 5.32. The highest BCUT2D eigenvalue weighted by Crippen LogP contribution is 2.31. The number of carbonyl (C=O) groups excluding carboxylic acids is 1. The molecule has 0 aliphatic carbocycles. The summed E-state index contributed by atoms with van der Waals surface area (Å²) >= 11 is 0. The van der Waals surface area contributed by atoms with E-state index < -0.39 is 0 Å². The van der Waals surface area contributed by atoms with Gasteiger partial charge in [0.1, 0.15) is 30.4 Å². The largest absolute Gasteiger partial charge is 0.492 e. The van der Waals surface area contributed by atoms with E-state index in [1.54, 1.807) is 24.3 Å². The van der Waals surface area contributed by atoms with Gasteiger partial charge >= 0.3 is 0 Å². The Hall–Kier alpha value is -1.88. The van der Waals surface area contributed by atoms with Crippen molar-refractivity contribution in [2.75, 3.05) is 53.5 Å². The summed E-state index contributed by atoms with van der Waals surface area (Å²) in [6.07, 6.45) is 1.56. The molecule has 0 aromatic heterocycles. The van der Waals surface area contributed by atoms with Gasteiger partial charge in [-0.15, -0.1) is 0 Å². The van der Waals surface area contributed by atoms with Crippen molar-refractivity contribution in [3.8, 4) is 11.5 Å². The predicted octanol–water partition coefficient (Wildman–Crippen LogP) is 2.31. The van der Waals surface area contributed by atoms with Crippen molar-refractivity contribution in [2.45, 2.75) is 13.8 Å². The molecule has 128 valence electrons. The highest BCUT2D eigenvalue weighted by Gasteiger charge is 2.07. The van der Waals surface area contributed by atoms with Crippen LogP contribution in [0.15, 0.2) is 23.2 Å². The van der Waals surface area contributed by atoms with Crippen molar-refractivity contribution in [1.29, 1.82) is 0 Å². The second kappa shape index (κ2) is 10.8. The van der Waals surface area contributed by atoms with Gasteiger partial charge in [-0.2, -0.15) is 4.99 Å². The van der Waals surface area contributed by atoms with Gasteiger partial charge in [0.25, 0.3) is 0 Å². The summed E-state index contributed by atoms with van der Waals surface area (Å²) in [5.74, 6) is 1.25. The molecule has 23 heavy (non-hydrogen) atoms. The number of benzene rings is 1. The molecule has 0 aliphatic heterocycles. The van der Waals surface area contributed by atoms with Crippen LogP contribution < -0.4 is 9.47 Å². The van der Waals surface area contributed by atoms with E-state index in [0.29, 0.717) is 30.4 Å². The van der Waals surface area contributed by atoms with Crippen LogP contribution in [-0.4, -0.2) is 69.4 Å². The Bertz CT molecular complexity index is 516.